The number of anilines is 1. The number of pyridine rings is 1. The lowest BCUT2D eigenvalue weighted by Crippen LogP contribution is -2.41. The lowest BCUT2D eigenvalue weighted by molar-refractivity contribution is -0.121. The van der Waals surface area contributed by atoms with Crippen LogP contribution in [0.1, 0.15) is 11.6 Å². The molecule has 0 bridgehead atoms. The van der Waals surface area contributed by atoms with Crippen LogP contribution in [0.2, 0.25) is 0 Å². The number of rotatable bonds is 4. The van der Waals surface area contributed by atoms with Crippen molar-refractivity contribution in [3.63, 3.8) is 0 Å². The van der Waals surface area contributed by atoms with Gasteiger partial charge in [-0.25, -0.2) is 0 Å². The highest BCUT2D eigenvalue weighted by Crippen LogP contribution is 2.26. The highest BCUT2D eigenvalue weighted by Gasteiger charge is 2.28. The Kier molecular flexibility index (Phi) is 5.18. The smallest absolute Gasteiger partial charge is 0.246 e. The molecule has 2 heterocycles. The summed E-state index contributed by atoms with van der Waals surface area (Å²) in [5, 5.41) is 4.10. The Morgan fingerprint density at radius 1 is 1.04 bits per heavy atom. The molecule has 4 rings (SSSR count). The van der Waals surface area contributed by atoms with Crippen molar-refractivity contribution in [3.05, 3.63) is 72.4 Å². The van der Waals surface area contributed by atoms with E-state index in [2.05, 4.69) is 15.2 Å². The van der Waals surface area contributed by atoms with Gasteiger partial charge in [0.15, 0.2) is 0 Å². The summed E-state index contributed by atoms with van der Waals surface area (Å²) >= 11 is 1.94. The normalized spacial score (nSPS) is 16.3. The van der Waals surface area contributed by atoms with Crippen molar-refractivity contribution in [2.24, 2.45) is 0 Å². The van der Waals surface area contributed by atoms with Gasteiger partial charge in [0.1, 0.15) is 6.04 Å². The van der Waals surface area contributed by atoms with E-state index in [1.165, 1.54) is 0 Å². The quantitative estimate of drug-likeness (QED) is 0.762. The van der Waals surface area contributed by atoms with E-state index >= 15 is 0 Å². The van der Waals surface area contributed by atoms with Gasteiger partial charge in [-0.05, 0) is 17.7 Å². The van der Waals surface area contributed by atoms with Gasteiger partial charge in [0.2, 0.25) is 5.91 Å². The molecule has 0 saturated carbocycles. The van der Waals surface area contributed by atoms with Crippen molar-refractivity contribution in [1.29, 1.82) is 0 Å². The number of hydrogen-bond donors (Lipinski definition) is 1. The van der Waals surface area contributed by atoms with Crippen LogP contribution in [0, 0.1) is 0 Å². The summed E-state index contributed by atoms with van der Waals surface area (Å²) in [6.45, 7) is 1.85. The molecule has 0 radical (unpaired) electrons. The molecule has 1 unspecified atom stereocenters. The highest BCUT2D eigenvalue weighted by atomic mass is 32.2. The minimum atomic E-state index is -0.274. The van der Waals surface area contributed by atoms with Crippen LogP contribution in [-0.4, -0.2) is 40.4 Å². The molecule has 5 heteroatoms. The molecule has 0 aliphatic carbocycles. The van der Waals surface area contributed by atoms with Crippen LogP contribution < -0.4 is 5.32 Å². The zero-order valence-corrected chi connectivity index (χ0v) is 15.3. The number of aromatic nitrogens is 1. The first-order chi connectivity index (χ1) is 12.8. The second kappa shape index (κ2) is 7.89. The average Bonchev–Trinajstić information content (AvgIpc) is 2.70. The highest BCUT2D eigenvalue weighted by molar-refractivity contribution is 7.99. The molecule has 1 fully saturated rings. The van der Waals surface area contributed by atoms with Gasteiger partial charge in [0.05, 0.1) is 17.4 Å². The molecular formula is C21H21N3OS. The van der Waals surface area contributed by atoms with Crippen LogP contribution in [0.25, 0.3) is 10.9 Å². The van der Waals surface area contributed by atoms with Gasteiger partial charge in [-0.2, -0.15) is 11.8 Å². The zero-order valence-electron chi connectivity index (χ0n) is 14.5. The molecule has 3 aromatic rings. The molecule has 1 saturated heterocycles. The van der Waals surface area contributed by atoms with E-state index in [1.807, 2.05) is 72.4 Å². The molecule has 132 valence electrons. The molecular weight excluding hydrogens is 342 g/mol. The van der Waals surface area contributed by atoms with Crippen LogP contribution in [0.5, 0.6) is 0 Å². The van der Waals surface area contributed by atoms with E-state index in [1.54, 1.807) is 6.20 Å². The number of carbonyl (C=O) groups excluding carboxylic acids is 1. The fraction of sp³-hybridized carbons (Fsp3) is 0.238. The van der Waals surface area contributed by atoms with Gasteiger partial charge in [-0.3, -0.25) is 14.7 Å². The van der Waals surface area contributed by atoms with Gasteiger partial charge < -0.3 is 5.32 Å². The average molecular weight is 363 g/mol. The molecule has 1 aromatic heterocycles. The van der Waals surface area contributed by atoms with Crippen LogP contribution in [-0.2, 0) is 4.79 Å². The number of carbonyl (C=O) groups is 1. The van der Waals surface area contributed by atoms with E-state index in [9.17, 15) is 4.79 Å². The number of para-hydroxylation sites is 1. The second-order valence-electron chi connectivity index (χ2n) is 6.37. The van der Waals surface area contributed by atoms with Crippen molar-refractivity contribution in [2.45, 2.75) is 6.04 Å². The summed E-state index contributed by atoms with van der Waals surface area (Å²) in [6, 6.07) is 19.7. The number of hydrogen-bond acceptors (Lipinski definition) is 4. The van der Waals surface area contributed by atoms with Crippen LogP contribution in [0.3, 0.4) is 0 Å². The number of nitrogens with zero attached hydrogens (tertiary/aromatic N) is 2. The van der Waals surface area contributed by atoms with Crippen LogP contribution in [0.4, 0.5) is 5.69 Å². The summed E-state index contributed by atoms with van der Waals surface area (Å²) in [7, 11) is 0. The maximum absolute atomic E-state index is 13.2. The lowest BCUT2D eigenvalue weighted by atomic mass is 10.0. The molecule has 2 aromatic carbocycles. The number of amides is 1. The van der Waals surface area contributed by atoms with Crippen molar-refractivity contribution in [2.75, 3.05) is 29.9 Å². The Morgan fingerprint density at radius 2 is 1.77 bits per heavy atom. The van der Waals surface area contributed by atoms with Crippen molar-refractivity contribution in [3.8, 4) is 0 Å². The van der Waals surface area contributed by atoms with Crippen molar-refractivity contribution >= 4 is 34.3 Å². The van der Waals surface area contributed by atoms with Crippen LogP contribution >= 0.6 is 11.8 Å². The summed E-state index contributed by atoms with van der Waals surface area (Å²) < 4.78 is 0. The third-order valence-corrected chi connectivity index (χ3v) is 5.57. The van der Waals surface area contributed by atoms with E-state index in [0.29, 0.717) is 0 Å². The second-order valence-corrected chi connectivity index (χ2v) is 7.59. The summed E-state index contributed by atoms with van der Waals surface area (Å²) in [4.78, 5) is 19.9. The standard InChI is InChI=1S/C21H21N3OS/c25-21(23-18-14-17-8-4-5-9-19(17)22-15-18)20(16-6-2-1-3-7-16)24-10-12-26-13-11-24/h1-9,14-15,20H,10-13H2,(H,23,25). The molecule has 1 aliphatic rings. The van der Waals surface area contributed by atoms with Gasteiger partial charge >= 0.3 is 0 Å². The van der Waals surface area contributed by atoms with Gasteiger partial charge in [-0.15, -0.1) is 0 Å². The largest absolute Gasteiger partial charge is 0.323 e. The Hall–Kier alpha value is -2.37. The van der Waals surface area contributed by atoms with E-state index in [0.717, 1.165) is 46.7 Å². The molecule has 1 N–H and O–H groups in total. The van der Waals surface area contributed by atoms with Crippen molar-refractivity contribution < 1.29 is 4.79 Å². The molecule has 0 spiro atoms. The Labute approximate surface area is 157 Å². The maximum Gasteiger partial charge on any atom is 0.246 e. The van der Waals surface area contributed by atoms with Crippen LogP contribution in [0.15, 0.2) is 66.9 Å². The summed E-state index contributed by atoms with van der Waals surface area (Å²) in [5.41, 5.74) is 2.70. The SMILES string of the molecule is O=C(Nc1cnc2ccccc2c1)C(c1ccccc1)N1CCSCC1. The predicted molar refractivity (Wildman–Crippen MR) is 108 cm³/mol. The minimum absolute atomic E-state index is 0.000168. The molecule has 4 nitrogen and oxygen atoms in total. The number of benzene rings is 2. The van der Waals surface area contributed by atoms with E-state index < -0.39 is 0 Å². The first-order valence-electron chi connectivity index (χ1n) is 8.84. The van der Waals surface area contributed by atoms with Gasteiger partial charge in [0, 0.05) is 30.0 Å². The van der Waals surface area contributed by atoms with Gasteiger partial charge in [0.25, 0.3) is 0 Å². The Morgan fingerprint density at radius 3 is 2.58 bits per heavy atom. The first kappa shape index (κ1) is 17.1. The fourth-order valence-electron chi connectivity index (χ4n) is 3.35. The van der Waals surface area contributed by atoms with Crippen molar-refractivity contribution in [1.82, 2.24) is 9.88 Å². The summed E-state index contributed by atoms with van der Waals surface area (Å²) in [6.07, 6.45) is 1.73. The number of fused-ring (bicyclic) bond motifs is 1. The third-order valence-electron chi connectivity index (χ3n) is 4.63. The number of thioether (sulfide) groups is 1. The predicted octanol–water partition coefficient (Wildman–Crippen LogP) is 3.96. The Bertz CT molecular complexity index is 894. The molecule has 1 amide bonds. The zero-order chi connectivity index (χ0) is 17.8. The fourth-order valence-corrected chi connectivity index (χ4v) is 4.28. The van der Waals surface area contributed by atoms with E-state index in [-0.39, 0.29) is 11.9 Å². The molecule has 26 heavy (non-hydrogen) atoms. The summed E-state index contributed by atoms with van der Waals surface area (Å²) in [5.74, 6) is 2.13. The lowest BCUT2D eigenvalue weighted by Gasteiger charge is -2.33. The Balaban J connectivity index is 1.60. The minimum Gasteiger partial charge on any atom is -0.323 e. The maximum atomic E-state index is 13.2. The first-order valence-corrected chi connectivity index (χ1v) is 9.99. The molecule has 1 atom stereocenters. The number of nitrogens with one attached hydrogen (secondary N) is 1. The monoisotopic (exact) mass is 363 g/mol. The molecule has 1 aliphatic heterocycles. The van der Waals surface area contributed by atoms with Gasteiger partial charge in [-0.1, -0.05) is 48.5 Å². The third kappa shape index (κ3) is 3.74. The topological polar surface area (TPSA) is 45.2 Å². The van der Waals surface area contributed by atoms with E-state index in [4.69, 9.17) is 0 Å².